The number of hydrogen-bond acceptors (Lipinski definition) is 5. The fraction of sp³-hybridized carbons (Fsp3) is 0.632. The number of anilines is 1. The van der Waals surface area contributed by atoms with E-state index in [1.165, 1.54) is 11.3 Å². The molecule has 1 unspecified atom stereocenters. The molecular formula is C19H24N4OS. The van der Waals surface area contributed by atoms with Crippen molar-refractivity contribution >= 4 is 22.2 Å². The molecule has 1 aliphatic heterocycles. The second kappa shape index (κ2) is 7.99. The molecule has 1 aromatic rings. The number of nitrogens with zero attached hydrogens (tertiary/aromatic N) is 3. The van der Waals surface area contributed by atoms with E-state index in [1.807, 2.05) is 6.92 Å². The molecule has 2 aliphatic rings. The molecule has 0 bridgehead atoms. The van der Waals surface area contributed by atoms with Gasteiger partial charge in [-0.1, -0.05) is 6.42 Å². The van der Waals surface area contributed by atoms with Crippen molar-refractivity contribution in [1.29, 1.82) is 10.5 Å². The minimum absolute atomic E-state index is 0.0525. The van der Waals surface area contributed by atoms with Gasteiger partial charge < -0.3 is 5.32 Å². The molecule has 1 N–H and O–H groups in total. The molecule has 0 saturated carbocycles. The number of fused-ring (bicyclic) bond motifs is 1. The Bertz CT molecular complexity index is 719. The van der Waals surface area contributed by atoms with Gasteiger partial charge in [-0.3, -0.25) is 9.69 Å². The van der Waals surface area contributed by atoms with Crippen LogP contribution in [0.5, 0.6) is 0 Å². The fourth-order valence-corrected chi connectivity index (χ4v) is 4.99. The quantitative estimate of drug-likeness (QED) is 0.841. The van der Waals surface area contributed by atoms with E-state index in [4.69, 9.17) is 5.26 Å². The normalized spacial score (nSPS) is 20.0. The second-order valence-electron chi connectivity index (χ2n) is 6.98. The molecule has 0 radical (unpaired) electrons. The van der Waals surface area contributed by atoms with Crippen LogP contribution in [-0.4, -0.2) is 29.9 Å². The third-order valence-corrected chi connectivity index (χ3v) is 6.62. The van der Waals surface area contributed by atoms with E-state index in [0.717, 1.165) is 62.2 Å². The Morgan fingerprint density at radius 2 is 1.96 bits per heavy atom. The maximum atomic E-state index is 12.7. The van der Waals surface area contributed by atoms with Crippen LogP contribution < -0.4 is 5.32 Å². The molecular weight excluding hydrogens is 332 g/mol. The molecule has 1 aliphatic carbocycles. The summed E-state index contributed by atoms with van der Waals surface area (Å²) >= 11 is 1.58. The predicted octanol–water partition coefficient (Wildman–Crippen LogP) is 3.45. The monoisotopic (exact) mass is 356 g/mol. The van der Waals surface area contributed by atoms with Crippen LogP contribution in [0.4, 0.5) is 5.00 Å². The molecule has 6 heteroatoms. The molecule has 1 amide bonds. The van der Waals surface area contributed by atoms with Gasteiger partial charge in [-0.15, -0.1) is 11.3 Å². The zero-order valence-corrected chi connectivity index (χ0v) is 15.5. The van der Waals surface area contributed by atoms with Crippen LogP contribution in [0.25, 0.3) is 0 Å². The van der Waals surface area contributed by atoms with E-state index in [9.17, 15) is 10.1 Å². The van der Waals surface area contributed by atoms with E-state index in [0.29, 0.717) is 5.56 Å². The van der Waals surface area contributed by atoms with Crippen LogP contribution in [-0.2, 0) is 17.6 Å². The molecule has 1 saturated heterocycles. The Morgan fingerprint density at radius 1 is 1.24 bits per heavy atom. The van der Waals surface area contributed by atoms with Crippen molar-refractivity contribution in [2.24, 2.45) is 5.92 Å². The van der Waals surface area contributed by atoms with E-state index in [-0.39, 0.29) is 17.9 Å². The third-order valence-electron chi connectivity index (χ3n) is 5.41. The molecule has 1 aromatic heterocycles. The van der Waals surface area contributed by atoms with Crippen molar-refractivity contribution in [3.05, 3.63) is 16.0 Å². The first kappa shape index (κ1) is 17.9. The van der Waals surface area contributed by atoms with Gasteiger partial charge in [-0.25, -0.2) is 0 Å². The number of rotatable bonds is 3. The van der Waals surface area contributed by atoms with Crippen molar-refractivity contribution in [2.45, 2.75) is 57.9 Å². The average molecular weight is 356 g/mol. The Hall–Kier alpha value is -1.89. The molecule has 1 fully saturated rings. The SMILES string of the molecule is CC(C(=O)Nc1sc2c(c1C#N)CCCCC2)N1CCC(C#N)CC1. The maximum Gasteiger partial charge on any atom is 0.242 e. The van der Waals surface area contributed by atoms with Crippen LogP contribution in [0.3, 0.4) is 0 Å². The number of likely N-dealkylation sites (tertiary alicyclic amines) is 1. The lowest BCUT2D eigenvalue weighted by Gasteiger charge is -2.33. The van der Waals surface area contributed by atoms with Crippen molar-refractivity contribution in [2.75, 3.05) is 18.4 Å². The number of carbonyl (C=O) groups is 1. The zero-order valence-electron chi connectivity index (χ0n) is 14.7. The van der Waals surface area contributed by atoms with Gasteiger partial charge in [-0.05, 0) is 51.0 Å². The lowest BCUT2D eigenvalue weighted by molar-refractivity contribution is -0.121. The van der Waals surface area contributed by atoms with Crippen LogP contribution in [0.15, 0.2) is 0 Å². The van der Waals surface area contributed by atoms with E-state index in [1.54, 1.807) is 11.3 Å². The van der Waals surface area contributed by atoms with Crippen LogP contribution in [0.2, 0.25) is 0 Å². The first-order chi connectivity index (χ1) is 12.1. The summed E-state index contributed by atoms with van der Waals surface area (Å²) in [6.45, 7) is 3.46. The molecule has 5 nitrogen and oxygen atoms in total. The average Bonchev–Trinajstić information content (AvgIpc) is 2.80. The lowest BCUT2D eigenvalue weighted by atomic mass is 9.97. The fourth-order valence-electron chi connectivity index (χ4n) is 3.75. The number of piperidine rings is 1. The van der Waals surface area contributed by atoms with Crippen molar-refractivity contribution in [3.8, 4) is 12.1 Å². The summed E-state index contributed by atoms with van der Waals surface area (Å²) in [6, 6.07) is 4.39. The highest BCUT2D eigenvalue weighted by molar-refractivity contribution is 7.16. The summed E-state index contributed by atoms with van der Waals surface area (Å²) in [5.41, 5.74) is 1.83. The Kier molecular flexibility index (Phi) is 5.73. The second-order valence-corrected chi connectivity index (χ2v) is 8.09. The number of nitrogens with one attached hydrogen (secondary N) is 1. The summed E-state index contributed by atoms with van der Waals surface area (Å²) in [5, 5.41) is 22.3. The maximum absolute atomic E-state index is 12.7. The van der Waals surface area contributed by atoms with Gasteiger partial charge in [-0.2, -0.15) is 10.5 Å². The van der Waals surface area contributed by atoms with Crippen LogP contribution in [0, 0.1) is 28.6 Å². The Morgan fingerprint density at radius 3 is 2.64 bits per heavy atom. The highest BCUT2D eigenvalue weighted by atomic mass is 32.1. The minimum atomic E-state index is -0.243. The molecule has 2 heterocycles. The van der Waals surface area contributed by atoms with E-state index in [2.05, 4.69) is 22.4 Å². The number of amides is 1. The molecule has 0 spiro atoms. The highest BCUT2D eigenvalue weighted by Crippen LogP contribution is 2.37. The van der Waals surface area contributed by atoms with Gasteiger partial charge in [0.25, 0.3) is 0 Å². The molecule has 3 rings (SSSR count). The van der Waals surface area contributed by atoms with Crippen molar-refractivity contribution in [3.63, 3.8) is 0 Å². The number of carbonyl (C=O) groups excluding carboxylic acids is 1. The van der Waals surface area contributed by atoms with Gasteiger partial charge in [0.2, 0.25) is 5.91 Å². The topological polar surface area (TPSA) is 79.9 Å². The van der Waals surface area contributed by atoms with Gasteiger partial charge in [0.15, 0.2) is 0 Å². The highest BCUT2D eigenvalue weighted by Gasteiger charge is 2.28. The summed E-state index contributed by atoms with van der Waals surface area (Å²) in [6.07, 6.45) is 7.11. The number of thiophene rings is 1. The third kappa shape index (κ3) is 3.86. The smallest absolute Gasteiger partial charge is 0.242 e. The molecule has 0 aromatic carbocycles. The summed E-state index contributed by atoms with van der Waals surface area (Å²) < 4.78 is 0. The standard InChI is InChI=1S/C19H24N4OS/c1-13(23-9-7-14(11-20)8-10-23)18(24)22-19-16(12-21)15-5-3-2-4-6-17(15)25-19/h13-14H,2-10H2,1H3,(H,22,24). The zero-order chi connectivity index (χ0) is 17.8. The van der Waals surface area contributed by atoms with Crippen LogP contribution in [0.1, 0.15) is 55.0 Å². The number of hydrogen-bond donors (Lipinski definition) is 1. The number of aryl methyl sites for hydroxylation is 1. The molecule has 132 valence electrons. The number of nitriles is 2. The first-order valence-corrected chi connectivity index (χ1v) is 9.95. The Balaban J connectivity index is 1.69. The summed E-state index contributed by atoms with van der Waals surface area (Å²) in [4.78, 5) is 16.1. The first-order valence-electron chi connectivity index (χ1n) is 9.13. The van der Waals surface area contributed by atoms with Crippen molar-refractivity contribution in [1.82, 2.24) is 4.90 Å². The van der Waals surface area contributed by atoms with Crippen molar-refractivity contribution < 1.29 is 4.79 Å². The Labute approximate surface area is 153 Å². The van der Waals surface area contributed by atoms with E-state index < -0.39 is 0 Å². The summed E-state index contributed by atoms with van der Waals surface area (Å²) in [5.74, 6) is 0.0629. The summed E-state index contributed by atoms with van der Waals surface area (Å²) in [7, 11) is 0. The van der Waals surface area contributed by atoms with Gasteiger partial charge in [0.05, 0.1) is 17.7 Å². The lowest BCUT2D eigenvalue weighted by Crippen LogP contribution is -2.45. The van der Waals surface area contributed by atoms with Crippen LogP contribution >= 0.6 is 11.3 Å². The minimum Gasteiger partial charge on any atom is -0.315 e. The predicted molar refractivity (Wildman–Crippen MR) is 98.3 cm³/mol. The molecule has 25 heavy (non-hydrogen) atoms. The largest absolute Gasteiger partial charge is 0.315 e. The van der Waals surface area contributed by atoms with Gasteiger partial charge in [0, 0.05) is 23.9 Å². The molecule has 1 atom stereocenters. The van der Waals surface area contributed by atoms with E-state index >= 15 is 0 Å². The van der Waals surface area contributed by atoms with Gasteiger partial charge in [0.1, 0.15) is 11.1 Å². The van der Waals surface area contributed by atoms with Gasteiger partial charge >= 0.3 is 0 Å².